The van der Waals surface area contributed by atoms with Crippen LogP contribution in [0.3, 0.4) is 0 Å². The zero-order valence-corrected chi connectivity index (χ0v) is 15.6. The van der Waals surface area contributed by atoms with Gasteiger partial charge in [-0.25, -0.2) is 31.1 Å². The Morgan fingerprint density at radius 3 is 1.52 bits per heavy atom. The van der Waals surface area contributed by atoms with Gasteiger partial charge in [-0.2, -0.15) is 17.6 Å². The van der Waals surface area contributed by atoms with E-state index >= 15 is 0 Å². The van der Waals surface area contributed by atoms with Crippen LogP contribution in [0.2, 0.25) is 0 Å². The molecule has 0 heterocycles. The van der Waals surface area contributed by atoms with Gasteiger partial charge in [0.2, 0.25) is 0 Å². The highest BCUT2D eigenvalue weighted by Gasteiger charge is 2.43. The maximum absolute atomic E-state index is 13.9. The van der Waals surface area contributed by atoms with Crippen molar-refractivity contribution in [1.82, 2.24) is 0 Å². The van der Waals surface area contributed by atoms with E-state index in [1.54, 1.807) is 0 Å². The molecule has 4 nitrogen and oxygen atoms in total. The summed E-state index contributed by atoms with van der Waals surface area (Å²) >= 11 is 0. The van der Waals surface area contributed by atoms with Crippen LogP contribution in [0.15, 0.2) is 36.4 Å². The van der Waals surface area contributed by atoms with Crippen LogP contribution in [0, 0.1) is 34.9 Å². The van der Waals surface area contributed by atoms with Gasteiger partial charge in [-0.05, 0) is 24.3 Å². The van der Waals surface area contributed by atoms with Gasteiger partial charge in [0.25, 0.3) is 0 Å². The van der Waals surface area contributed by atoms with E-state index in [4.69, 9.17) is 0 Å². The normalized spacial score (nSPS) is 11.8. The lowest BCUT2D eigenvalue weighted by molar-refractivity contribution is -0.244. The highest BCUT2D eigenvalue weighted by molar-refractivity contribution is 5.93. The quantitative estimate of drug-likeness (QED) is 0.227. The lowest BCUT2D eigenvalue weighted by Gasteiger charge is -2.19. The number of hydrogen-bond acceptors (Lipinski definition) is 4. The van der Waals surface area contributed by atoms with Crippen molar-refractivity contribution in [2.75, 3.05) is 0 Å². The second kappa shape index (κ2) is 9.11. The third-order valence-corrected chi connectivity index (χ3v) is 3.81. The summed E-state index contributed by atoms with van der Waals surface area (Å²) in [6.45, 7) is 2.81. The second-order valence-electron chi connectivity index (χ2n) is 6.12. The van der Waals surface area contributed by atoms with Crippen molar-refractivity contribution < 1.29 is 63.0 Å². The molecule has 0 spiro atoms. The minimum atomic E-state index is -4.92. The number of rotatable bonds is 7. The molecule has 0 saturated carbocycles. The number of halogens is 10. The molecule has 0 aliphatic heterocycles. The Labute approximate surface area is 177 Å². The van der Waals surface area contributed by atoms with E-state index in [9.17, 15) is 53.5 Å². The Balaban J connectivity index is 2.10. The lowest BCUT2D eigenvalue weighted by Crippen LogP contribution is -2.28. The fourth-order valence-electron chi connectivity index (χ4n) is 2.23. The fourth-order valence-corrected chi connectivity index (χ4v) is 2.23. The molecule has 0 atom stereocenters. The first-order chi connectivity index (χ1) is 15.1. The molecular formula is C19H8F10O4. The van der Waals surface area contributed by atoms with Gasteiger partial charge in [0.05, 0.1) is 6.42 Å². The predicted octanol–water partition coefficient (Wildman–Crippen LogP) is 5.35. The molecule has 14 heteroatoms. The number of carbonyl (C=O) groups is 2. The lowest BCUT2D eigenvalue weighted by atomic mass is 10.1. The van der Waals surface area contributed by atoms with Gasteiger partial charge in [-0.15, -0.1) is 0 Å². The van der Waals surface area contributed by atoms with E-state index in [1.807, 2.05) is 0 Å². The van der Waals surface area contributed by atoms with Crippen molar-refractivity contribution in [2.45, 2.75) is 18.6 Å². The second-order valence-corrected chi connectivity index (χ2v) is 6.12. The van der Waals surface area contributed by atoms with Crippen LogP contribution in [0.4, 0.5) is 43.9 Å². The van der Waals surface area contributed by atoms with Crippen LogP contribution in [0.25, 0.3) is 0 Å². The Bertz CT molecular complexity index is 1130. The van der Waals surface area contributed by atoms with Crippen molar-refractivity contribution in [3.05, 3.63) is 82.4 Å². The van der Waals surface area contributed by atoms with Crippen LogP contribution in [-0.2, 0) is 31.3 Å². The van der Waals surface area contributed by atoms with Gasteiger partial charge < -0.3 is 9.47 Å². The molecule has 0 aromatic heterocycles. The summed E-state index contributed by atoms with van der Waals surface area (Å²) in [5, 5.41) is 0. The molecule has 178 valence electrons. The van der Waals surface area contributed by atoms with Crippen LogP contribution >= 0.6 is 0 Å². The molecule has 2 rings (SSSR count). The molecule has 0 unspecified atom stereocenters. The molecule has 0 N–H and O–H groups in total. The van der Waals surface area contributed by atoms with E-state index in [1.165, 1.54) is 0 Å². The summed E-state index contributed by atoms with van der Waals surface area (Å²) in [7, 11) is 0. The highest BCUT2D eigenvalue weighted by atomic mass is 19.3. The topological polar surface area (TPSA) is 52.6 Å². The van der Waals surface area contributed by atoms with E-state index < -0.39 is 82.2 Å². The summed E-state index contributed by atoms with van der Waals surface area (Å²) in [6.07, 6.45) is -11.4. The number of carbonyl (C=O) groups excluding carboxylic acids is 2. The Morgan fingerprint density at radius 2 is 1.09 bits per heavy atom. The van der Waals surface area contributed by atoms with E-state index in [-0.39, 0.29) is 24.3 Å². The van der Waals surface area contributed by atoms with Gasteiger partial charge >= 0.3 is 24.2 Å². The smallest absolute Gasteiger partial charge is 0.397 e. The van der Waals surface area contributed by atoms with Gasteiger partial charge in [0.1, 0.15) is 11.1 Å². The average Bonchev–Trinajstić information content (AvgIpc) is 2.68. The molecule has 0 aliphatic carbocycles. The first kappa shape index (κ1) is 25.7. The van der Waals surface area contributed by atoms with E-state index in [0.29, 0.717) is 0 Å². The maximum Gasteiger partial charge on any atom is 0.431 e. The number of alkyl halides is 4. The Morgan fingerprint density at radius 1 is 0.697 bits per heavy atom. The first-order valence-electron chi connectivity index (χ1n) is 8.25. The van der Waals surface area contributed by atoms with Crippen molar-refractivity contribution in [1.29, 1.82) is 0 Å². The minimum Gasteiger partial charge on any atom is -0.397 e. The van der Waals surface area contributed by atoms with Crippen LogP contribution in [-0.4, -0.2) is 11.9 Å². The summed E-state index contributed by atoms with van der Waals surface area (Å²) < 4.78 is 142. The standard InChI is InChI=1S/C19H8F10O4/c1-7(17(31)33-19(28,29)9-3-5-11(21)16(25)14(9)23)6-12(30)32-18(26,27)8-2-4-10(20)15(24)13(8)22/h2-5H,1,6H2. The van der Waals surface area contributed by atoms with Crippen molar-refractivity contribution in [3.8, 4) is 0 Å². The summed E-state index contributed by atoms with van der Waals surface area (Å²) in [6, 6.07) is 0.308. The van der Waals surface area contributed by atoms with Gasteiger partial charge in [0, 0.05) is 5.57 Å². The average molecular weight is 490 g/mol. The maximum atomic E-state index is 13.9. The van der Waals surface area contributed by atoms with E-state index in [0.717, 1.165) is 0 Å². The van der Waals surface area contributed by atoms with Crippen molar-refractivity contribution in [2.24, 2.45) is 0 Å². The fraction of sp³-hybridized carbons (Fsp3) is 0.158. The Hall–Kier alpha value is -3.58. The number of ether oxygens (including phenoxy) is 2. The summed E-state index contributed by atoms with van der Waals surface area (Å²) in [5.41, 5.74) is -5.07. The third-order valence-electron chi connectivity index (χ3n) is 3.81. The largest absolute Gasteiger partial charge is 0.431 e. The number of benzene rings is 2. The molecular weight excluding hydrogens is 482 g/mol. The zero-order chi connectivity index (χ0) is 25.3. The molecule has 33 heavy (non-hydrogen) atoms. The molecule has 0 amide bonds. The molecule has 0 aliphatic rings. The molecule has 0 fully saturated rings. The van der Waals surface area contributed by atoms with Crippen molar-refractivity contribution >= 4 is 11.9 Å². The van der Waals surface area contributed by atoms with E-state index in [2.05, 4.69) is 16.1 Å². The third kappa shape index (κ3) is 5.43. The number of esters is 2. The number of hydrogen-bond donors (Lipinski definition) is 0. The molecule has 2 aromatic carbocycles. The van der Waals surface area contributed by atoms with Crippen LogP contribution < -0.4 is 0 Å². The van der Waals surface area contributed by atoms with Crippen molar-refractivity contribution in [3.63, 3.8) is 0 Å². The zero-order valence-electron chi connectivity index (χ0n) is 15.6. The highest BCUT2D eigenvalue weighted by Crippen LogP contribution is 2.35. The first-order valence-corrected chi connectivity index (χ1v) is 8.25. The monoisotopic (exact) mass is 490 g/mol. The molecule has 0 saturated heterocycles. The van der Waals surface area contributed by atoms with Gasteiger partial charge in [-0.3, -0.25) is 4.79 Å². The summed E-state index contributed by atoms with van der Waals surface area (Å²) in [5.74, 6) is -17.3. The van der Waals surface area contributed by atoms with Gasteiger partial charge in [0.15, 0.2) is 34.9 Å². The van der Waals surface area contributed by atoms with Crippen LogP contribution in [0.5, 0.6) is 0 Å². The van der Waals surface area contributed by atoms with Crippen LogP contribution in [0.1, 0.15) is 17.5 Å². The molecule has 0 bridgehead atoms. The minimum absolute atomic E-state index is 0.0506. The Kier molecular flexibility index (Phi) is 7.09. The SMILES string of the molecule is C=C(CC(=O)OC(F)(F)c1ccc(F)c(F)c1F)C(=O)OC(F)(F)c1ccc(F)c(F)c1F. The summed E-state index contributed by atoms with van der Waals surface area (Å²) in [4.78, 5) is 23.2. The van der Waals surface area contributed by atoms with Gasteiger partial charge in [-0.1, -0.05) is 6.58 Å². The molecule has 2 aromatic rings. The predicted molar refractivity (Wildman–Crippen MR) is 86.4 cm³/mol. The molecule has 0 radical (unpaired) electrons.